The first kappa shape index (κ1) is 15.4. The van der Waals surface area contributed by atoms with Gasteiger partial charge in [-0.1, -0.05) is 30.3 Å². The summed E-state index contributed by atoms with van der Waals surface area (Å²) in [6.45, 7) is 0. The van der Waals surface area contributed by atoms with E-state index in [0.717, 1.165) is 0 Å². The molecule has 24 heavy (non-hydrogen) atoms. The summed E-state index contributed by atoms with van der Waals surface area (Å²) in [5.74, 6) is -0.0119. The molecule has 0 aliphatic carbocycles. The molecule has 6 nitrogen and oxygen atoms in total. The molecule has 0 fully saturated rings. The lowest BCUT2D eigenvalue weighted by atomic mass is 10.2. The van der Waals surface area contributed by atoms with Crippen LogP contribution in [0.4, 0.5) is 22.7 Å². The van der Waals surface area contributed by atoms with Gasteiger partial charge in [-0.3, -0.25) is 0 Å². The van der Waals surface area contributed by atoms with Crippen LogP contribution in [0.15, 0.2) is 93.3 Å². The molecule has 3 rings (SSSR count). The van der Waals surface area contributed by atoms with Crippen LogP contribution >= 0.6 is 0 Å². The van der Waals surface area contributed by atoms with Crippen LogP contribution in [0.5, 0.6) is 11.5 Å². The van der Waals surface area contributed by atoms with Crippen molar-refractivity contribution in [2.45, 2.75) is 0 Å². The predicted octanol–water partition coefficient (Wildman–Crippen LogP) is 5.93. The Morgan fingerprint density at radius 2 is 1.12 bits per heavy atom. The number of phenols is 2. The van der Waals surface area contributed by atoms with E-state index in [0.29, 0.717) is 22.7 Å². The Balaban J connectivity index is 1.78. The van der Waals surface area contributed by atoms with Crippen LogP contribution in [0.3, 0.4) is 0 Å². The molecule has 0 unspecified atom stereocenters. The Hall–Kier alpha value is -3.54. The fourth-order valence-electron chi connectivity index (χ4n) is 1.93. The van der Waals surface area contributed by atoms with Gasteiger partial charge in [-0.2, -0.15) is 10.2 Å². The third kappa shape index (κ3) is 3.80. The van der Waals surface area contributed by atoms with E-state index in [4.69, 9.17) is 0 Å². The smallest absolute Gasteiger partial charge is 0.145 e. The minimum atomic E-state index is -0.0524. The highest BCUT2D eigenvalue weighted by Gasteiger charge is 2.02. The topological polar surface area (TPSA) is 89.9 Å². The number of hydrogen-bond donors (Lipinski definition) is 2. The Kier molecular flexibility index (Phi) is 4.57. The van der Waals surface area contributed by atoms with E-state index in [1.807, 2.05) is 30.3 Å². The molecule has 0 heterocycles. The molecule has 0 bridgehead atoms. The number of nitrogens with zero attached hydrogens (tertiary/aromatic N) is 4. The molecule has 0 aromatic heterocycles. The van der Waals surface area contributed by atoms with E-state index in [2.05, 4.69) is 20.5 Å². The van der Waals surface area contributed by atoms with E-state index in [1.54, 1.807) is 30.3 Å². The second-order valence-corrected chi connectivity index (χ2v) is 4.90. The van der Waals surface area contributed by atoms with Crippen molar-refractivity contribution in [2.24, 2.45) is 20.5 Å². The zero-order chi connectivity index (χ0) is 16.8. The van der Waals surface area contributed by atoms with Crippen molar-refractivity contribution >= 4 is 22.7 Å². The van der Waals surface area contributed by atoms with E-state index in [1.165, 1.54) is 12.1 Å². The van der Waals surface area contributed by atoms with Gasteiger partial charge >= 0.3 is 0 Å². The van der Waals surface area contributed by atoms with E-state index < -0.39 is 0 Å². The molecule has 0 aliphatic rings. The van der Waals surface area contributed by atoms with Crippen LogP contribution in [0.2, 0.25) is 0 Å². The van der Waals surface area contributed by atoms with E-state index in [9.17, 15) is 10.2 Å². The first-order valence-electron chi connectivity index (χ1n) is 7.22. The summed E-state index contributed by atoms with van der Waals surface area (Å²) in [5, 5.41) is 35.7. The number of para-hydroxylation sites is 1. The second-order valence-electron chi connectivity index (χ2n) is 4.90. The van der Waals surface area contributed by atoms with Gasteiger partial charge in [0.1, 0.15) is 22.9 Å². The molecule has 0 aliphatic heterocycles. The fourth-order valence-corrected chi connectivity index (χ4v) is 1.93. The molecule has 3 aromatic rings. The highest BCUT2D eigenvalue weighted by molar-refractivity contribution is 5.58. The number of rotatable bonds is 4. The first-order chi connectivity index (χ1) is 11.7. The largest absolute Gasteiger partial charge is 0.506 e. The Morgan fingerprint density at radius 3 is 1.83 bits per heavy atom. The van der Waals surface area contributed by atoms with Crippen molar-refractivity contribution in [1.29, 1.82) is 0 Å². The van der Waals surface area contributed by atoms with Gasteiger partial charge in [-0.15, -0.1) is 10.2 Å². The van der Waals surface area contributed by atoms with Crippen molar-refractivity contribution < 1.29 is 10.2 Å². The third-order valence-corrected chi connectivity index (χ3v) is 3.14. The summed E-state index contributed by atoms with van der Waals surface area (Å²) in [6, 6.07) is 20.5. The molecule has 6 heteroatoms. The minimum absolute atomic E-state index is 0.0405. The van der Waals surface area contributed by atoms with Crippen LogP contribution < -0.4 is 0 Å². The van der Waals surface area contributed by atoms with Crippen LogP contribution in [0.1, 0.15) is 0 Å². The molecular weight excluding hydrogens is 304 g/mol. The average molecular weight is 318 g/mol. The quantitative estimate of drug-likeness (QED) is 0.584. The fraction of sp³-hybridized carbons (Fsp3) is 0. The van der Waals surface area contributed by atoms with Gasteiger partial charge in [-0.05, 0) is 36.4 Å². The lowest BCUT2D eigenvalue weighted by Gasteiger charge is -2.00. The van der Waals surface area contributed by atoms with Crippen molar-refractivity contribution in [1.82, 2.24) is 0 Å². The average Bonchev–Trinajstić information content (AvgIpc) is 2.61. The van der Waals surface area contributed by atoms with Crippen molar-refractivity contribution in [3.8, 4) is 11.5 Å². The maximum Gasteiger partial charge on any atom is 0.145 e. The molecule has 0 amide bonds. The monoisotopic (exact) mass is 318 g/mol. The highest BCUT2D eigenvalue weighted by Crippen LogP contribution is 2.33. The molecule has 2 N–H and O–H groups in total. The molecular formula is C18H14N4O2. The van der Waals surface area contributed by atoms with Gasteiger partial charge < -0.3 is 10.2 Å². The normalized spacial score (nSPS) is 11.3. The van der Waals surface area contributed by atoms with Gasteiger partial charge in [0.15, 0.2) is 0 Å². The van der Waals surface area contributed by atoms with Crippen LogP contribution in [-0.4, -0.2) is 10.2 Å². The molecule has 0 atom stereocenters. The van der Waals surface area contributed by atoms with Gasteiger partial charge in [0.05, 0.1) is 11.4 Å². The lowest BCUT2D eigenvalue weighted by Crippen LogP contribution is -1.70. The number of hydrogen-bond acceptors (Lipinski definition) is 6. The summed E-state index contributed by atoms with van der Waals surface area (Å²) in [4.78, 5) is 0. The van der Waals surface area contributed by atoms with Crippen LogP contribution in [-0.2, 0) is 0 Å². The lowest BCUT2D eigenvalue weighted by molar-refractivity contribution is 0.476. The van der Waals surface area contributed by atoms with Crippen molar-refractivity contribution in [2.75, 3.05) is 0 Å². The number of aromatic hydroxyl groups is 2. The molecule has 0 spiro atoms. The standard InChI is InChI=1S/C18H14N4O2/c23-17-9-5-4-8-15(17)21-20-14-10-11-16(18(24)12-14)22-19-13-6-2-1-3-7-13/h1-12,23-24H. The zero-order valence-corrected chi connectivity index (χ0v) is 12.6. The highest BCUT2D eigenvalue weighted by atomic mass is 16.3. The van der Waals surface area contributed by atoms with Crippen molar-refractivity contribution in [3.63, 3.8) is 0 Å². The van der Waals surface area contributed by atoms with Crippen LogP contribution in [0.25, 0.3) is 0 Å². The summed E-state index contributed by atoms with van der Waals surface area (Å²) >= 11 is 0. The van der Waals surface area contributed by atoms with Gasteiger partial charge in [0.25, 0.3) is 0 Å². The summed E-state index contributed by atoms with van der Waals surface area (Å²) in [6.07, 6.45) is 0. The number of azo groups is 2. The summed E-state index contributed by atoms with van der Waals surface area (Å²) in [7, 11) is 0. The predicted molar refractivity (Wildman–Crippen MR) is 91.0 cm³/mol. The SMILES string of the molecule is Oc1ccccc1N=Nc1ccc(N=Nc2ccccc2)c(O)c1. The maximum atomic E-state index is 10.0. The third-order valence-electron chi connectivity index (χ3n) is 3.14. The Morgan fingerprint density at radius 1 is 0.500 bits per heavy atom. The summed E-state index contributed by atoms with van der Waals surface area (Å²) < 4.78 is 0. The van der Waals surface area contributed by atoms with E-state index in [-0.39, 0.29) is 11.5 Å². The molecule has 3 aromatic carbocycles. The Labute approximate surface area is 138 Å². The van der Waals surface area contributed by atoms with Crippen molar-refractivity contribution in [3.05, 3.63) is 72.8 Å². The maximum absolute atomic E-state index is 10.0. The van der Waals surface area contributed by atoms with Crippen LogP contribution in [0, 0.1) is 0 Å². The van der Waals surface area contributed by atoms with Gasteiger partial charge in [-0.25, -0.2) is 0 Å². The number of benzene rings is 3. The Bertz CT molecular complexity index is 893. The second kappa shape index (κ2) is 7.15. The first-order valence-corrected chi connectivity index (χ1v) is 7.22. The zero-order valence-electron chi connectivity index (χ0n) is 12.6. The van der Waals surface area contributed by atoms with E-state index >= 15 is 0 Å². The van der Waals surface area contributed by atoms with Gasteiger partial charge in [0, 0.05) is 6.07 Å². The van der Waals surface area contributed by atoms with Gasteiger partial charge in [0.2, 0.25) is 0 Å². The molecule has 0 saturated heterocycles. The summed E-state index contributed by atoms with van der Waals surface area (Å²) in [5.41, 5.74) is 1.82. The molecule has 0 saturated carbocycles. The molecule has 118 valence electrons. The molecule has 0 radical (unpaired) electrons. The minimum Gasteiger partial charge on any atom is -0.506 e. The number of phenolic OH excluding ortho intramolecular Hbond substituents is 2.